The molecule has 14 heavy (non-hydrogen) atoms. The van der Waals surface area contributed by atoms with Gasteiger partial charge < -0.3 is 19.8 Å². The first-order chi connectivity index (χ1) is 6.88. The number of nitrogens with one attached hydrogen (secondary N) is 2. The molecule has 5 nitrogen and oxygen atoms in total. The minimum atomic E-state index is 0.244. The van der Waals surface area contributed by atoms with Gasteiger partial charge in [-0.3, -0.25) is 0 Å². The number of ether oxygens (including phenoxy) is 2. The number of imidazole rings is 1. The van der Waals surface area contributed by atoms with Gasteiger partial charge in [0.1, 0.15) is 0 Å². The first-order valence-corrected chi connectivity index (χ1v) is 4.78. The van der Waals surface area contributed by atoms with Gasteiger partial charge in [0, 0.05) is 25.2 Å². The van der Waals surface area contributed by atoms with Crippen molar-refractivity contribution < 1.29 is 9.47 Å². The summed E-state index contributed by atoms with van der Waals surface area (Å²) in [5.74, 6) is 0. The molecule has 1 aliphatic rings. The Balaban J connectivity index is 1.89. The molecule has 0 aliphatic carbocycles. The van der Waals surface area contributed by atoms with Crippen molar-refractivity contribution in [2.24, 2.45) is 0 Å². The van der Waals surface area contributed by atoms with E-state index in [1.807, 2.05) is 0 Å². The maximum atomic E-state index is 5.57. The average Bonchev–Trinajstić information content (AvgIpc) is 2.67. The summed E-state index contributed by atoms with van der Waals surface area (Å²) in [5, 5.41) is 3.29. The molecule has 0 bridgehead atoms. The van der Waals surface area contributed by atoms with Crippen molar-refractivity contribution in [1.82, 2.24) is 15.3 Å². The van der Waals surface area contributed by atoms with E-state index in [9.17, 15) is 0 Å². The van der Waals surface area contributed by atoms with Crippen LogP contribution in [-0.4, -0.2) is 42.9 Å². The Morgan fingerprint density at radius 1 is 1.71 bits per heavy atom. The lowest BCUT2D eigenvalue weighted by molar-refractivity contribution is 0.0287. The fourth-order valence-corrected chi connectivity index (χ4v) is 1.54. The van der Waals surface area contributed by atoms with Gasteiger partial charge in [0.25, 0.3) is 6.01 Å². The summed E-state index contributed by atoms with van der Waals surface area (Å²) < 4.78 is 10.5. The van der Waals surface area contributed by atoms with E-state index in [0.29, 0.717) is 6.01 Å². The predicted octanol–water partition coefficient (Wildman–Crippen LogP) is -0.0508. The summed E-state index contributed by atoms with van der Waals surface area (Å²) in [6.07, 6.45) is 2.88. The van der Waals surface area contributed by atoms with Crippen LogP contribution in [0.5, 0.6) is 6.01 Å². The number of morpholine rings is 1. The summed E-state index contributed by atoms with van der Waals surface area (Å²) in [5.41, 5.74) is 1.05. The summed E-state index contributed by atoms with van der Waals surface area (Å²) in [4.78, 5) is 7.12. The Kier molecular flexibility index (Phi) is 3.00. The smallest absolute Gasteiger partial charge is 0.293 e. The number of H-pyrrole nitrogens is 1. The lowest BCUT2D eigenvalue weighted by Crippen LogP contribution is -2.39. The van der Waals surface area contributed by atoms with Crippen molar-refractivity contribution in [3.05, 3.63) is 11.9 Å². The highest BCUT2D eigenvalue weighted by Crippen LogP contribution is 2.09. The summed E-state index contributed by atoms with van der Waals surface area (Å²) in [6.45, 7) is 2.64. The van der Waals surface area contributed by atoms with Crippen molar-refractivity contribution in [2.75, 3.05) is 26.8 Å². The van der Waals surface area contributed by atoms with Gasteiger partial charge in [0.2, 0.25) is 0 Å². The van der Waals surface area contributed by atoms with Crippen LogP contribution in [0.1, 0.15) is 5.69 Å². The Morgan fingerprint density at radius 3 is 3.29 bits per heavy atom. The minimum Gasteiger partial charge on any atom is -0.468 e. The molecule has 1 fully saturated rings. The number of rotatable bonds is 3. The van der Waals surface area contributed by atoms with Crippen molar-refractivity contribution in [3.8, 4) is 6.01 Å². The summed E-state index contributed by atoms with van der Waals surface area (Å²) in [6, 6.07) is 0.559. The Bertz CT molecular complexity index is 281. The van der Waals surface area contributed by atoms with E-state index in [0.717, 1.165) is 31.8 Å². The zero-order chi connectivity index (χ0) is 9.80. The second kappa shape index (κ2) is 4.43. The zero-order valence-electron chi connectivity index (χ0n) is 8.25. The Morgan fingerprint density at radius 2 is 2.64 bits per heavy atom. The monoisotopic (exact) mass is 197 g/mol. The van der Waals surface area contributed by atoms with Crippen molar-refractivity contribution in [2.45, 2.75) is 12.5 Å². The summed E-state index contributed by atoms with van der Waals surface area (Å²) >= 11 is 0. The molecule has 0 saturated carbocycles. The van der Waals surface area contributed by atoms with Gasteiger partial charge in [0.15, 0.2) is 0 Å². The molecule has 1 unspecified atom stereocenters. The second-order valence-corrected chi connectivity index (χ2v) is 3.32. The van der Waals surface area contributed by atoms with E-state index in [1.54, 1.807) is 13.3 Å². The molecule has 1 atom stereocenters. The third kappa shape index (κ3) is 2.24. The normalized spacial score (nSPS) is 22.2. The molecular weight excluding hydrogens is 182 g/mol. The van der Waals surface area contributed by atoms with E-state index in [-0.39, 0.29) is 6.10 Å². The van der Waals surface area contributed by atoms with Crippen LogP contribution in [0.25, 0.3) is 0 Å². The third-order valence-corrected chi connectivity index (χ3v) is 2.25. The molecular formula is C9H15N3O2. The van der Waals surface area contributed by atoms with Gasteiger partial charge >= 0.3 is 0 Å². The standard InChI is InChI=1S/C9H15N3O2/c1-13-9-11-5-7(12-9)4-8-6-10-2-3-14-8/h5,8,10H,2-4,6H2,1H3,(H,11,12). The molecule has 0 spiro atoms. The SMILES string of the molecule is COc1ncc(CC2CNCCO2)[nH]1. The molecule has 0 amide bonds. The quantitative estimate of drug-likeness (QED) is 0.713. The maximum Gasteiger partial charge on any atom is 0.293 e. The van der Waals surface area contributed by atoms with E-state index in [1.165, 1.54) is 0 Å². The van der Waals surface area contributed by atoms with Gasteiger partial charge in [-0.25, -0.2) is 4.98 Å². The van der Waals surface area contributed by atoms with Crippen LogP contribution >= 0.6 is 0 Å². The number of methoxy groups -OCH3 is 1. The third-order valence-electron chi connectivity index (χ3n) is 2.25. The molecule has 2 N–H and O–H groups in total. The number of hydrogen-bond acceptors (Lipinski definition) is 4. The predicted molar refractivity (Wildman–Crippen MR) is 51.5 cm³/mol. The average molecular weight is 197 g/mol. The van der Waals surface area contributed by atoms with E-state index in [4.69, 9.17) is 9.47 Å². The Hall–Kier alpha value is -1.07. The zero-order valence-corrected chi connectivity index (χ0v) is 8.25. The van der Waals surface area contributed by atoms with Crippen LogP contribution in [0.2, 0.25) is 0 Å². The lowest BCUT2D eigenvalue weighted by atomic mass is 10.2. The molecule has 1 aliphatic heterocycles. The summed E-state index contributed by atoms with van der Waals surface area (Å²) in [7, 11) is 1.60. The van der Waals surface area contributed by atoms with Crippen molar-refractivity contribution >= 4 is 0 Å². The molecule has 1 saturated heterocycles. The highest BCUT2D eigenvalue weighted by atomic mass is 16.5. The highest BCUT2D eigenvalue weighted by molar-refractivity contribution is 5.06. The van der Waals surface area contributed by atoms with Crippen LogP contribution in [0.3, 0.4) is 0 Å². The van der Waals surface area contributed by atoms with Gasteiger partial charge in [-0.15, -0.1) is 0 Å². The minimum absolute atomic E-state index is 0.244. The molecule has 0 radical (unpaired) electrons. The van der Waals surface area contributed by atoms with Crippen LogP contribution in [0.4, 0.5) is 0 Å². The second-order valence-electron chi connectivity index (χ2n) is 3.32. The van der Waals surface area contributed by atoms with Gasteiger partial charge in [-0.05, 0) is 0 Å². The van der Waals surface area contributed by atoms with Gasteiger partial charge in [-0.2, -0.15) is 0 Å². The van der Waals surface area contributed by atoms with E-state index < -0.39 is 0 Å². The van der Waals surface area contributed by atoms with E-state index >= 15 is 0 Å². The molecule has 2 heterocycles. The van der Waals surface area contributed by atoms with Crippen molar-refractivity contribution in [1.29, 1.82) is 0 Å². The maximum absolute atomic E-state index is 5.57. The number of aromatic amines is 1. The van der Waals surface area contributed by atoms with Crippen molar-refractivity contribution in [3.63, 3.8) is 0 Å². The topological polar surface area (TPSA) is 59.2 Å². The van der Waals surface area contributed by atoms with Crippen LogP contribution in [-0.2, 0) is 11.2 Å². The van der Waals surface area contributed by atoms with Crippen LogP contribution in [0.15, 0.2) is 6.20 Å². The Labute approximate surface area is 82.8 Å². The fourth-order valence-electron chi connectivity index (χ4n) is 1.54. The molecule has 2 rings (SSSR count). The first kappa shape index (κ1) is 9.48. The lowest BCUT2D eigenvalue weighted by Gasteiger charge is -2.22. The largest absolute Gasteiger partial charge is 0.468 e. The number of nitrogens with zero attached hydrogens (tertiary/aromatic N) is 1. The van der Waals surface area contributed by atoms with E-state index in [2.05, 4.69) is 15.3 Å². The van der Waals surface area contributed by atoms with Gasteiger partial charge in [-0.1, -0.05) is 0 Å². The molecule has 1 aromatic heterocycles. The highest BCUT2D eigenvalue weighted by Gasteiger charge is 2.14. The van der Waals surface area contributed by atoms with Crippen LogP contribution < -0.4 is 10.1 Å². The fraction of sp³-hybridized carbons (Fsp3) is 0.667. The first-order valence-electron chi connectivity index (χ1n) is 4.78. The molecule has 5 heteroatoms. The molecule has 1 aromatic rings. The number of hydrogen-bond donors (Lipinski definition) is 2. The van der Waals surface area contributed by atoms with Gasteiger partial charge in [0.05, 0.1) is 26.0 Å². The molecule has 0 aromatic carbocycles. The number of aromatic nitrogens is 2. The van der Waals surface area contributed by atoms with Crippen LogP contribution in [0, 0.1) is 0 Å². The molecule has 78 valence electrons.